The number of ether oxygens (including phenoxy) is 1. The molecule has 0 bridgehead atoms. The molecule has 1 fully saturated rings. The second kappa shape index (κ2) is 10.1. The largest absolute Gasteiger partial charge is 0.378 e. The molecule has 2 aromatic rings. The number of morpholine rings is 1. The smallest absolute Gasteiger partial charge is 0.258 e. The Morgan fingerprint density at radius 2 is 2.07 bits per heavy atom. The van der Waals surface area contributed by atoms with Gasteiger partial charge in [0.2, 0.25) is 0 Å². The highest BCUT2D eigenvalue weighted by atomic mass is 32.1. The predicted octanol–water partition coefficient (Wildman–Crippen LogP) is 4.34. The number of aromatic nitrogens is 1. The summed E-state index contributed by atoms with van der Waals surface area (Å²) in [6.45, 7) is 8.90. The number of allylic oxidation sites excluding steroid dienone is 3. The lowest BCUT2D eigenvalue weighted by molar-refractivity contribution is -0.115. The minimum atomic E-state index is -0.349. The van der Waals surface area contributed by atoms with Crippen molar-refractivity contribution in [1.82, 2.24) is 4.98 Å². The van der Waals surface area contributed by atoms with Gasteiger partial charge < -0.3 is 14.5 Å². The molecule has 1 aromatic carbocycles. The summed E-state index contributed by atoms with van der Waals surface area (Å²) in [4.78, 5) is 21.7. The molecule has 0 aliphatic carbocycles. The van der Waals surface area contributed by atoms with Gasteiger partial charge in [-0.2, -0.15) is 0 Å². The van der Waals surface area contributed by atoms with E-state index in [1.165, 1.54) is 18.2 Å². The van der Waals surface area contributed by atoms with E-state index in [4.69, 9.17) is 9.72 Å². The average molecular weight is 414 g/mol. The third-order valence-electron chi connectivity index (χ3n) is 4.46. The lowest BCUT2D eigenvalue weighted by Gasteiger charge is -2.26. The number of hydrogen-bond donors (Lipinski definition) is 0. The van der Waals surface area contributed by atoms with Crippen molar-refractivity contribution in [2.24, 2.45) is 0 Å². The van der Waals surface area contributed by atoms with E-state index in [1.54, 1.807) is 40.5 Å². The van der Waals surface area contributed by atoms with Crippen molar-refractivity contribution in [3.8, 4) is 0 Å². The Balaban J connectivity index is 1.87. The SMILES string of the molecule is C=C/C(=C\C=C/C)C(=O)N(Cc1csc(N2CCOCC2)n1)c1ccc(F)cc1. The fourth-order valence-electron chi connectivity index (χ4n) is 2.91. The molecular formula is C22H24FN3O2S. The number of nitrogens with zero attached hydrogens (tertiary/aromatic N) is 3. The Morgan fingerprint density at radius 3 is 2.72 bits per heavy atom. The molecule has 1 aliphatic rings. The summed E-state index contributed by atoms with van der Waals surface area (Å²) in [5.74, 6) is -0.566. The van der Waals surface area contributed by atoms with Crippen molar-refractivity contribution in [2.45, 2.75) is 13.5 Å². The quantitative estimate of drug-likeness (QED) is 0.500. The second-order valence-electron chi connectivity index (χ2n) is 6.44. The molecule has 1 saturated heterocycles. The third kappa shape index (κ3) is 5.40. The zero-order chi connectivity index (χ0) is 20.6. The van der Waals surface area contributed by atoms with Crippen LogP contribution in [0.15, 0.2) is 66.1 Å². The molecule has 1 aromatic heterocycles. The van der Waals surface area contributed by atoms with Crippen molar-refractivity contribution in [3.05, 3.63) is 77.6 Å². The zero-order valence-corrected chi connectivity index (χ0v) is 17.2. The molecule has 0 unspecified atom stereocenters. The van der Waals surface area contributed by atoms with Gasteiger partial charge in [0.15, 0.2) is 5.13 Å². The molecule has 0 saturated carbocycles. The molecule has 0 radical (unpaired) electrons. The van der Waals surface area contributed by atoms with E-state index in [1.807, 2.05) is 18.4 Å². The number of thiazole rings is 1. The van der Waals surface area contributed by atoms with Crippen LogP contribution in [0, 0.1) is 5.82 Å². The highest BCUT2D eigenvalue weighted by Gasteiger charge is 2.21. The first-order valence-electron chi connectivity index (χ1n) is 9.42. The first kappa shape index (κ1) is 21.0. The lowest BCUT2D eigenvalue weighted by atomic mass is 10.1. The summed E-state index contributed by atoms with van der Waals surface area (Å²) in [5.41, 5.74) is 1.84. The van der Waals surface area contributed by atoms with Gasteiger partial charge in [-0.1, -0.05) is 24.8 Å². The maximum atomic E-state index is 13.4. The minimum Gasteiger partial charge on any atom is -0.378 e. The molecule has 3 rings (SSSR count). The van der Waals surface area contributed by atoms with Gasteiger partial charge in [0, 0.05) is 29.7 Å². The summed E-state index contributed by atoms with van der Waals surface area (Å²) in [5, 5.41) is 2.88. The first-order valence-corrected chi connectivity index (χ1v) is 10.3. The van der Waals surface area contributed by atoms with E-state index in [9.17, 15) is 9.18 Å². The Hall–Kier alpha value is -2.77. The van der Waals surface area contributed by atoms with Crippen LogP contribution in [-0.4, -0.2) is 37.2 Å². The number of anilines is 2. The Morgan fingerprint density at radius 1 is 1.34 bits per heavy atom. The van der Waals surface area contributed by atoms with Gasteiger partial charge in [0.25, 0.3) is 5.91 Å². The highest BCUT2D eigenvalue weighted by molar-refractivity contribution is 7.13. The fraction of sp³-hybridized carbons (Fsp3) is 0.273. The van der Waals surface area contributed by atoms with E-state index < -0.39 is 0 Å². The number of halogens is 1. The normalized spacial score (nSPS) is 15.0. The summed E-state index contributed by atoms with van der Waals surface area (Å²) < 4.78 is 18.8. The van der Waals surface area contributed by atoms with Gasteiger partial charge >= 0.3 is 0 Å². The average Bonchev–Trinajstić information content (AvgIpc) is 3.22. The minimum absolute atomic E-state index is 0.217. The number of hydrogen-bond acceptors (Lipinski definition) is 5. The van der Waals surface area contributed by atoms with E-state index in [-0.39, 0.29) is 18.3 Å². The van der Waals surface area contributed by atoms with Gasteiger partial charge in [0.05, 0.1) is 25.5 Å². The molecule has 0 atom stereocenters. The highest BCUT2D eigenvalue weighted by Crippen LogP contribution is 2.25. The summed E-state index contributed by atoms with van der Waals surface area (Å²) in [6, 6.07) is 5.88. The molecule has 1 amide bonds. The van der Waals surface area contributed by atoms with Crippen molar-refractivity contribution >= 4 is 28.1 Å². The van der Waals surface area contributed by atoms with Crippen LogP contribution in [0.5, 0.6) is 0 Å². The Bertz CT molecular complexity index is 899. The van der Waals surface area contributed by atoms with Gasteiger partial charge in [-0.25, -0.2) is 9.37 Å². The monoisotopic (exact) mass is 413 g/mol. The van der Waals surface area contributed by atoms with Crippen LogP contribution in [0.4, 0.5) is 15.2 Å². The lowest BCUT2D eigenvalue weighted by Crippen LogP contribution is -2.36. The predicted molar refractivity (Wildman–Crippen MR) is 116 cm³/mol. The summed E-state index contributed by atoms with van der Waals surface area (Å²) in [6.07, 6.45) is 6.87. The van der Waals surface area contributed by atoms with Crippen molar-refractivity contribution in [2.75, 3.05) is 36.1 Å². The second-order valence-corrected chi connectivity index (χ2v) is 7.28. The van der Waals surface area contributed by atoms with Gasteiger partial charge in [-0.3, -0.25) is 4.79 Å². The topological polar surface area (TPSA) is 45.7 Å². The summed E-state index contributed by atoms with van der Waals surface area (Å²) >= 11 is 1.55. The van der Waals surface area contributed by atoms with E-state index in [0.29, 0.717) is 24.5 Å². The number of carbonyl (C=O) groups is 1. The number of carbonyl (C=O) groups excluding carboxylic acids is 1. The third-order valence-corrected chi connectivity index (χ3v) is 5.41. The van der Waals surface area contributed by atoms with Gasteiger partial charge in [-0.05, 0) is 37.3 Å². The first-order chi connectivity index (χ1) is 14.1. The van der Waals surface area contributed by atoms with Crippen LogP contribution < -0.4 is 9.80 Å². The molecule has 7 heteroatoms. The van der Waals surface area contributed by atoms with Crippen molar-refractivity contribution < 1.29 is 13.9 Å². The molecule has 5 nitrogen and oxygen atoms in total. The fourth-order valence-corrected chi connectivity index (χ4v) is 3.78. The zero-order valence-electron chi connectivity index (χ0n) is 16.4. The molecule has 29 heavy (non-hydrogen) atoms. The Kier molecular flexibility index (Phi) is 7.32. The molecule has 152 valence electrons. The number of rotatable bonds is 7. The van der Waals surface area contributed by atoms with Gasteiger partial charge in [0.1, 0.15) is 5.82 Å². The van der Waals surface area contributed by atoms with Crippen LogP contribution in [0.1, 0.15) is 12.6 Å². The Labute approximate surface area is 174 Å². The van der Waals surface area contributed by atoms with E-state index in [2.05, 4.69) is 11.5 Å². The summed E-state index contributed by atoms with van der Waals surface area (Å²) in [7, 11) is 0. The van der Waals surface area contributed by atoms with Gasteiger partial charge in [-0.15, -0.1) is 11.3 Å². The van der Waals surface area contributed by atoms with E-state index >= 15 is 0 Å². The standard InChI is InChI=1S/C22H24FN3O2S/c1-3-5-6-17(4-2)21(27)26(20-9-7-18(23)8-10-20)15-19-16-29-22(24-19)25-11-13-28-14-12-25/h3-10,16H,2,11-15H2,1H3/b5-3-,17-6+. The molecule has 1 aliphatic heterocycles. The molecule has 0 N–H and O–H groups in total. The van der Waals surface area contributed by atoms with E-state index in [0.717, 1.165) is 23.9 Å². The van der Waals surface area contributed by atoms with Crippen LogP contribution in [-0.2, 0) is 16.1 Å². The maximum absolute atomic E-state index is 13.4. The van der Waals surface area contributed by atoms with Crippen molar-refractivity contribution in [3.63, 3.8) is 0 Å². The van der Waals surface area contributed by atoms with Crippen LogP contribution in [0.2, 0.25) is 0 Å². The van der Waals surface area contributed by atoms with Crippen LogP contribution in [0.25, 0.3) is 0 Å². The molecule has 2 heterocycles. The van der Waals surface area contributed by atoms with Crippen LogP contribution >= 0.6 is 11.3 Å². The maximum Gasteiger partial charge on any atom is 0.258 e. The molecule has 0 spiro atoms. The number of benzene rings is 1. The molecular weight excluding hydrogens is 389 g/mol. The van der Waals surface area contributed by atoms with Crippen molar-refractivity contribution in [1.29, 1.82) is 0 Å². The van der Waals surface area contributed by atoms with Crippen LogP contribution in [0.3, 0.4) is 0 Å². The number of amides is 1.